The molecular formula is C26H13Br2F3N4. The van der Waals surface area contributed by atoms with Gasteiger partial charge in [-0.2, -0.15) is 23.5 Å². The fraction of sp³-hybridized carbons (Fsp3) is 0.0385. The molecular weight excluding hydrogens is 585 g/mol. The first-order valence-electron chi connectivity index (χ1n) is 10.3. The predicted octanol–water partition coefficient (Wildman–Crippen LogP) is 8.37. The summed E-state index contributed by atoms with van der Waals surface area (Å²) in [5, 5.41) is 18.2. The number of hydrogen-bond donors (Lipinski definition) is 1. The Morgan fingerprint density at radius 2 is 1.31 bits per heavy atom. The van der Waals surface area contributed by atoms with Crippen LogP contribution in [0.15, 0.2) is 81.7 Å². The maximum atomic E-state index is 13.2. The van der Waals surface area contributed by atoms with Gasteiger partial charge in [-0.15, -0.1) is 0 Å². The molecule has 0 saturated heterocycles. The maximum Gasteiger partial charge on any atom is 0.416 e. The van der Waals surface area contributed by atoms with Crippen molar-refractivity contribution in [3.8, 4) is 39.7 Å². The zero-order chi connectivity index (χ0) is 24.7. The van der Waals surface area contributed by atoms with E-state index in [-0.39, 0.29) is 5.56 Å². The minimum Gasteiger partial charge on any atom is -0.275 e. The fourth-order valence-corrected chi connectivity index (χ4v) is 4.45. The number of rotatable bonds is 3. The van der Waals surface area contributed by atoms with Gasteiger partial charge in [0, 0.05) is 25.6 Å². The van der Waals surface area contributed by atoms with Gasteiger partial charge in [0.25, 0.3) is 0 Å². The largest absolute Gasteiger partial charge is 0.416 e. The molecule has 3 aromatic carbocycles. The Bertz CT molecular complexity index is 1580. The van der Waals surface area contributed by atoms with Crippen molar-refractivity contribution in [3.05, 3.63) is 92.9 Å². The summed E-state index contributed by atoms with van der Waals surface area (Å²) >= 11 is 6.82. The molecule has 1 N–H and O–H groups in total. The van der Waals surface area contributed by atoms with E-state index in [4.69, 9.17) is 0 Å². The molecule has 0 spiro atoms. The van der Waals surface area contributed by atoms with Crippen molar-refractivity contribution in [2.75, 3.05) is 0 Å². The van der Waals surface area contributed by atoms with Crippen LogP contribution >= 0.6 is 31.9 Å². The van der Waals surface area contributed by atoms with Crippen molar-refractivity contribution in [3.63, 3.8) is 0 Å². The summed E-state index contributed by atoms with van der Waals surface area (Å²) in [7, 11) is 0. The highest BCUT2D eigenvalue weighted by Crippen LogP contribution is 2.41. The number of aromatic amines is 1. The monoisotopic (exact) mass is 596 g/mol. The Morgan fingerprint density at radius 3 is 1.86 bits per heavy atom. The van der Waals surface area contributed by atoms with Crippen LogP contribution in [0.25, 0.3) is 44.7 Å². The van der Waals surface area contributed by atoms with Crippen LogP contribution in [0.3, 0.4) is 0 Å². The number of alkyl halides is 3. The number of H-pyrrole nitrogens is 1. The molecule has 0 unspecified atom stereocenters. The van der Waals surface area contributed by atoms with Crippen LogP contribution in [-0.4, -0.2) is 15.2 Å². The van der Waals surface area contributed by atoms with Gasteiger partial charge >= 0.3 is 6.18 Å². The first kappa shape index (κ1) is 23.3. The van der Waals surface area contributed by atoms with E-state index in [0.717, 1.165) is 26.6 Å². The second kappa shape index (κ2) is 8.95. The van der Waals surface area contributed by atoms with E-state index in [2.05, 4.69) is 53.1 Å². The summed E-state index contributed by atoms with van der Waals surface area (Å²) in [5.41, 5.74) is 3.27. The third-order valence-corrected chi connectivity index (χ3v) is 6.62. The number of benzene rings is 3. The molecule has 0 amide bonds. The Morgan fingerprint density at radius 1 is 0.771 bits per heavy atom. The van der Waals surface area contributed by atoms with Crippen LogP contribution in [-0.2, 0) is 6.18 Å². The van der Waals surface area contributed by atoms with Gasteiger partial charge < -0.3 is 0 Å². The molecule has 5 rings (SSSR count). The van der Waals surface area contributed by atoms with Gasteiger partial charge in [-0.05, 0) is 42.0 Å². The highest BCUT2D eigenvalue weighted by Gasteiger charge is 2.30. The van der Waals surface area contributed by atoms with Crippen molar-refractivity contribution < 1.29 is 13.2 Å². The minimum absolute atomic E-state index is 0.249. The molecule has 4 nitrogen and oxygen atoms in total. The van der Waals surface area contributed by atoms with Gasteiger partial charge in [0.1, 0.15) is 6.07 Å². The van der Waals surface area contributed by atoms with Crippen LogP contribution < -0.4 is 0 Å². The summed E-state index contributed by atoms with van der Waals surface area (Å²) in [4.78, 5) is 4.68. The van der Waals surface area contributed by atoms with E-state index < -0.39 is 11.7 Å². The van der Waals surface area contributed by atoms with Gasteiger partial charge in [0.2, 0.25) is 0 Å². The molecule has 0 fully saturated rings. The van der Waals surface area contributed by atoms with Gasteiger partial charge in [-0.3, -0.25) is 5.10 Å². The molecule has 172 valence electrons. The highest BCUT2D eigenvalue weighted by atomic mass is 79.9. The molecule has 5 aromatic rings. The fourth-order valence-electron chi connectivity index (χ4n) is 3.92. The van der Waals surface area contributed by atoms with Crippen LogP contribution in [0.4, 0.5) is 13.2 Å². The van der Waals surface area contributed by atoms with Crippen LogP contribution in [0, 0.1) is 11.3 Å². The molecule has 0 bridgehead atoms. The number of halogens is 5. The molecule has 0 atom stereocenters. The Hall–Kier alpha value is -3.48. The first-order valence-corrected chi connectivity index (χ1v) is 11.9. The number of nitriles is 1. The Labute approximate surface area is 214 Å². The van der Waals surface area contributed by atoms with E-state index in [1.165, 1.54) is 12.1 Å². The number of nitrogens with zero attached hydrogens (tertiary/aromatic N) is 3. The molecule has 9 heteroatoms. The summed E-state index contributed by atoms with van der Waals surface area (Å²) in [5.74, 6) is 0. The lowest BCUT2D eigenvalue weighted by atomic mass is 9.91. The van der Waals surface area contributed by atoms with Crippen molar-refractivity contribution in [2.45, 2.75) is 6.18 Å². The number of aromatic nitrogens is 3. The molecule has 0 aliphatic carbocycles. The smallest absolute Gasteiger partial charge is 0.275 e. The lowest BCUT2D eigenvalue weighted by Gasteiger charge is -2.14. The number of nitrogens with one attached hydrogen (secondary N) is 1. The van der Waals surface area contributed by atoms with E-state index in [0.29, 0.717) is 39.1 Å². The van der Waals surface area contributed by atoms with Crippen molar-refractivity contribution >= 4 is 42.9 Å². The molecule has 0 radical (unpaired) electrons. The van der Waals surface area contributed by atoms with Crippen LogP contribution in [0.1, 0.15) is 11.1 Å². The molecule has 2 heterocycles. The third kappa shape index (κ3) is 4.35. The summed E-state index contributed by atoms with van der Waals surface area (Å²) in [6.45, 7) is 0. The SMILES string of the molecule is N#Cc1c(-c2ccc(Br)cc2)nc2n[nH]c(-c3ccc(Br)cc3)c2c1-c1ccc(C(F)(F)F)cc1. The lowest BCUT2D eigenvalue weighted by molar-refractivity contribution is -0.137. The Kier molecular flexibility index (Phi) is 5.95. The molecule has 35 heavy (non-hydrogen) atoms. The maximum absolute atomic E-state index is 13.2. The molecule has 0 aliphatic heterocycles. The summed E-state index contributed by atoms with van der Waals surface area (Å²) in [6, 6.07) is 21.8. The van der Waals surface area contributed by atoms with Gasteiger partial charge in [0.15, 0.2) is 5.65 Å². The highest BCUT2D eigenvalue weighted by molar-refractivity contribution is 9.10. The predicted molar refractivity (Wildman–Crippen MR) is 135 cm³/mol. The van der Waals surface area contributed by atoms with E-state index in [1.54, 1.807) is 0 Å². The first-order chi connectivity index (χ1) is 16.8. The van der Waals surface area contributed by atoms with Gasteiger partial charge in [-0.25, -0.2) is 4.98 Å². The van der Waals surface area contributed by atoms with E-state index >= 15 is 0 Å². The molecule has 0 saturated carbocycles. The lowest BCUT2D eigenvalue weighted by Crippen LogP contribution is -2.04. The molecule has 2 aromatic heterocycles. The summed E-state index contributed by atoms with van der Waals surface area (Å²) in [6.07, 6.45) is -4.47. The van der Waals surface area contributed by atoms with Crippen molar-refractivity contribution in [2.24, 2.45) is 0 Å². The average Bonchev–Trinajstić information content (AvgIpc) is 3.27. The minimum atomic E-state index is -4.47. The second-order valence-electron chi connectivity index (χ2n) is 7.71. The van der Waals surface area contributed by atoms with Crippen molar-refractivity contribution in [1.29, 1.82) is 5.26 Å². The average molecular weight is 598 g/mol. The third-order valence-electron chi connectivity index (χ3n) is 5.56. The number of fused-ring (bicyclic) bond motifs is 1. The second-order valence-corrected chi connectivity index (χ2v) is 9.54. The number of hydrogen-bond acceptors (Lipinski definition) is 3. The zero-order valence-electron chi connectivity index (χ0n) is 17.7. The Balaban J connectivity index is 1.84. The van der Waals surface area contributed by atoms with Crippen molar-refractivity contribution in [1.82, 2.24) is 15.2 Å². The zero-order valence-corrected chi connectivity index (χ0v) is 20.8. The van der Waals surface area contributed by atoms with E-state index in [9.17, 15) is 18.4 Å². The quantitative estimate of drug-likeness (QED) is 0.227. The van der Waals surface area contributed by atoms with Crippen LogP contribution in [0.5, 0.6) is 0 Å². The topological polar surface area (TPSA) is 65.4 Å². The molecule has 0 aliphatic rings. The normalized spacial score (nSPS) is 11.5. The van der Waals surface area contributed by atoms with Gasteiger partial charge in [-0.1, -0.05) is 68.3 Å². The van der Waals surface area contributed by atoms with Crippen LogP contribution in [0.2, 0.25) is 0 Å². The standard InChI is InChI=1S/C26H13Br2F3N4/c27-18-9-3-15(4-10-18)23-20(13-32)21(14-1-7-17(8-2-14)26(29,30)31)22-24(34-35-25(22)33-23)16-5-11-19(28)12-6-16/h1-12H,(H,33,34,35). The van der Waals surface area contributed by atoms with Gasteiger partial charge in [0.05, 0.1) is 27.9 Å². The summed E-state index contributed by atoms with van der Waals surface area (Å²) < 4.78 is 41.4. The number of pyridine rings is 1. The van der Waals surface area contributed by atoms with E-state index in [1.807, 2.05) is 48.5 Å².